The predicted molar refractivity (Wildman–Crippen MR) is 90.3 cm³/mol. The standard InChI is InChI=1S/C17H24N4O2/c18-17(23)13-5-3-9-21(11-13)16(22)12-20-10-4-8-19-14-6-1-2-7-15(14)20/h1-2,6-7,13,19H,3-5,8-12H2,(H2,18,23). The van der Waals surface area contributed by atoms with Crippen LogP contribution in [0.15, 0.2) is 24.3 Å². The van der Waals surface area contributed by atoms with Gasteiger partial charge in [0.05, 0.1) is 23.8 Å². The first-order valence-corrected chi connectivity index (χ1v) is 8.30. The Hall–Kier alpha value is -2.24. The summed E-state index contributed by atoms with van der Waals surface area (Å²) in [5.41, 5.74) is 7.55. The average Bonchev–Trinajstić information content (AvgIpc) is 2.77. The zero-order chi connectivity index (χ0) is 16.2. The normalized spacial score (nSPS) is 21.1. The van der Waals surface area contributed by atoms with Crippen LogP contribution in [0.5, 0.6) is 0 Å². The van der Waals surface area contributed by atoms with Gasteiger partial charge in [-0.05, 0) is 31.4 Å². The van der Waals surface area contributed by atoms with Crippen molar-refractivity contribution in [3.8, 4) is 0 Å². The van der Waals surface area contributed by atoms with Gasteiger partial charge in [-0.1, -0.05) is 12.1 Å². The summed E-state index contributed by atoms with van der Waals surface area (Å²) in [6.07, 6.45) is 2.62. The Balaban J connectivity index is 1.69. The van der Waals surface area contributed by atoms with Crippen molar-refractivity contribution >= 4 is 23.2 Å². The molecule has 23 heavy (non-hydrogen) atoms. The van der Waals surface area contributed by atoms with Gasteiger partial charge in [-0.25, -0.2) is 0 Å². The van der Waals surface area contributed by atoms with Gasteiger partial charge >= 0.3 is 0 Å². The van der Waals surface area contributed by atoms with E-state index in [-0.39, 0.29) is 17.7 Å². The number of nitrogens with one attached hydrogen (secondary N) is 1. The molecule has 0 aromatic heterocycles. The van der Waals surface area contributed by atoms with E-state index in [1.165, 1.54) is 0 Å². The minimum absolute atomic E-state index is 0.0765. The molecule has 2 amide bonds. The zero-order valence-electron chi connectivity index (χ0n) is 13.3. The van der Waals surface area contributed by atoms with Gasteiger partial charge in [0.2, 0.25) is 11.8 Å². The number of fused-ring (bicyclic) bond motifs is 1. The zero-order valence-corrected chi connectivity index (χ0v) is 13.3. The number of para-hydroxylation sites is 2. The van der Waals surface area contributed by atoms with Gasteiger partial charge in [0.1, 0.15) is 0 Å². The Bertz CT molecular complexity index is 590. The molecule has 0 aliphatic carbocycles. The predicted octanol–water partition coefficient (Wildman–Crippen LogP) is 1.03. The molecule has 2 aliphatic rings. The van der Waals surface area contributed by atoms with Crippen LogP contribution in [-0.2, 0) is 9.59 Å². The first-order chi connectivity index (χ1) is 11.1. The van der Waals surface area contributed by atoms with Crippen LogP contribution in [-0.4, -0.2) is 49.4 Å². The summed E-state index contributed by atoms with van der Waals surface area (Å²) in [6, 6.07) is 8.08. The number of hydrogen-bond donors (Lipinski definition) is 2. The SMILES string of the molecule is NC(=O)C1CCCN(C(=O)CN2CCCNc3ccccc32)C1. The fraction of sp³-hybridized carbons (Fsp3) is 0.529. The summed E-state index contributed by atoms with van der Waals surface area (Å²) in [4.78, 5) is 28.0. The maximum Gasteiger partial charge on any atom is 0.242 e. The highest BCUT2D eigenvalue weighted by Crippen LogP contribution is 2.28. The molecule has 1 aromatic carbocycles. The third-order valence-electron chi connectivity index (χ3n) is 4.67. The van der Waals surface area contributed by atoms with E-state index in [2.05, 4.69) is 10.2 Å². The molecule has 1 saturated heterocycles. The largest absolute Gasteiger partial charge is 0.383 e. The highest BCUT2D eigenvalue weighted by molar-refractivity contribution is 5.85. The van der Waals surface area contributed by atoms with Crippen molar-refractivity contribution in [2.24, 2.45) is 11.7 Å². The highest BCUT2D eigenvalue weighted by atomic mass is 16.2. The van der Waals surface area contributed by atoms with Gasteiger partial charge in [-0.3, -0.25) is 9.59 Å². The number of benzene rings is 1. The lowest BCUT2D eigenvalue weighted by Crippen LogP contribution is -2.47. The van der Waals surface area contributed by atoms with Crippen molar-refractivity contribution in [1.29, 1.82) is 0 Å². The van der Waals surface area contributed by atoms with Crippen molar-refractivity contribution in [2.75, 3.05) is 42.9 Å². The van der Waals surface area contributed by atoms with Crippen LogP contribution in [0.1, 0.15) is 19.3 Å². The average molecular weight is 316 g/mol. The Morgan fingerprint density at radius 1 is 1.22 bits per heavy atom. The number of amides is 2. The first-order valence-electron chi connectivity index (χ1n) is 8.30. The van der Waals surface area contributed by atoms with Crippen LogP contribution in [0.4, 0.5) is 11.4 Å². The molecule has 3 N–H and O–H groups in total. The van der Waals surface area contributed by atoms with Crippen LogP contribution in [0.3, 0.4) is 0 Å². The van der Waals surface area contributed by atoms with E-state index in [4.69, 9.17) is 5.73 Å². The molecule has 3 rings (SSSR count). The molecule has 6 heteroatoms. The molecule has 6 nitrogen and oxygen atoms in total. The highest BCUT2D eigenvalue weighted by Gasteiger charge is 2.28. The van der Waals surface area contributed by atoms with Crippen molar-refractivity contribution < 1.29 is 9.59 Å². The quantitative estimate of drug-likeness (QED) is 0.873. The van der Waals surface area contributed by atoms with Crippen LogP contribution < -0.4 is 16.0 Å². The molecular weight excluding hydrogens is 292 g/mol. The number of hydrogen-bond acceptors (Lipinski definition) is 4. The van der Waals surface area contributed by atoms with E-state index in [0.29, 0.717) is 13.1 Å². The molecular formula is C17H24N4O2. The van der Waals surface area contributed by atoms with Crippen LogP contribution in [0, 0.1) is 5.92 Å². The van der Waals surface area contributed by atoms with Crippen molar-refractivity contribution in [3.05, 3.63) is 24.3 Å². The Kier molecular flexibility index (Phi) is 4.69. The minimum Gasteiger partial charge on any atom is -0.383 e. The first kappa shape index (κ1) is 15.6. The molecule has 1 aromatic rings. The molecule has 1 fully saturated rings. The lowest BCUT2D eigenvalue weighted by molar-refractivity contribution is -0.133. The molecule has 1 atom stereocenters. The lowest BCUT2D eigenvalue weighted by Gasteiger charge is -2.33. The number of nitrogens with zero attached hydrogens (tertiary/aromatic N) is 2. The third-order valence-corrected chi connectivity index (χ3v) is 4.67. The Morgan fingerprint density at radius 2 is 2.04 bits per heavy atom. The number of carbonyl (C=O) groups excluding carboxylic acids is 2. The van der Waals surface area contributed by atoms with Crippen molar-refractivity contribution in [1.82, 2.24) is 4.90 Å². The number of piperidine rings is 1. The molecule has 2 aliphatic heterocycles. The maximum absolute atomic E-state index is 12.7. The molecule has 0 bridgehead atoms. The van der Waals surface area contributed by atoms with E-state index < -0.39 is 0 Å². The minimum atomic E-state index is -0.299. The smallest absolute Gasteiger partial charge is 0.242 e. The molecule has 1 unspecified atom stereocenters. The van der Waals surface area contributed by atoms with E-state index in [0.717, 1.165) is 50.3 Å². The Labute approximate surface area is 136 Å². The van der Waals surface area contributed by atoms with Crippen LogP contribution >= 0.6 is 0 Å². The lowest BCUT2D eigenvalue weighted by atomic mass is 9.97. The Morgan fingerprint density at radius 3 is 2.87 bits per heavy atom. The summed E-state index contributed by atoms with van der Waals surface area (Å²) in [6.45, 7) is 3.29. The topological polar surface area (TPSA) is 78.7 Å². The molecule has 0 spiro atoms. The third kappa shape index (κ3) is 3.57. The summed E-state index contributed by atoms with van der Waals surface area (Å²) in [5, 5.41) is 3.40. The summed E-state index contributed by atoms with van der Waals surface area (Å²) in [5.74, 6) is -0.426. The molecule has 0 radical (unpaired) electrons. The van der Waals surface area contributed by atoms with E-state index in [1.807, 2.05) is 24.3 Å². The van der Waals surface area contributed by atoms with E-state index in [9.17, 15) is 9.59 Å². The number of rotatable bonds is 3. The van der Waals surface area contributed by atoms with Gasteiger partial charge in [0.15, 0.2) is 0 Å². The summed E-state index contributed by atoms with van der Waals surface area (Å²) in [7, 11) is 0. The van der Waals surface area contributed by atoms with Gasteiger partial charge in [0, 0.05) is 26.2 Å². The molecule has 0 saturated carbocycles. The maximum atomic E-state index is 12.7. The molecule has 124 valence electrons. The second kappa shape index (κ2) is 6.89. The van der Waals surface area contributed by atoms with Crippen molar-refractivity contribution in [3.63, 3.8) is 0 Å². The van der Waals surface area contributed by atoms with Gasteiger partial charge in [0.25, 0.3) is 0 Å². The summed E-state index contributed by atoms with van der Waals surface area (Å²) >= 11 is 0. The number of carbonyl (C=O) groups is 2. The summed E-state index contributed by atoms with van der Waals surface area (Å²) < 4.78 is 0. The van der Waals surface area contributed by atoms with E-state index >= 15 is 0 Å². The fourth-order valence-electron chi connectivity index (χ4n) is 3.38. The molecule has 2 heterocycles. The number of likely N-dealkylation sites (tertiary alicyclic amines) is 1. The number of anilines is 2. The van der Waals surface area contributed by atoms with E-state index in [1.54, 1.807) is 4.90 Å². The second-order valence-electron chi connectivity index (χ2n) is 6.30. The van der Waals surface area contributed by atoms with Crippen LogP contribution in [0.2, 0.25) is 0 Å². The number of nitrogens with two attached hydrogens (primary N) is 1. The van der Waals surface area contributed by atoms with Gasteiger partial charge in [-0.15, -0.1) is 0 Å². The number of primary amides is 1. The van der Waals surface area contributed by atoms with Gasteiger partial charge in [-0.2, -0.15) is 0 Å². The van der Waals surface area contributed by atoms with Gasteiger partial charge < -0.3 is 20.9 Å². The fourth-order valence-corrected chi connectivity index (χ4v) is 3.38. The van der Waals surface area contributed by atoms with Crippen molar-refractivity contribution in [2.45, 2.75) is 19.3 Å². The monoisotopic (exact) mass is 316 g/mol. The second-order valence-corrected chi connectivity index (χ2v) is 6.30. The van der Waals surface area contributed by atoms with Crippen LogP contribution in [0.25, 0.3) is 0 Å².